The SMILES string of the molecule is CCNC(=O)C(c1ccccc1)C1CCN(c2ccc(NC(=O)c3ccccc3-c3ccc(C(C)(C)C)cc3)cc2C)CC1. The third-order valence-corrected chi connectivity index (χ3v) is 8.83. The van der Waals surface area contributed by atoms with Crippen molar-refractivity contribution in [2.75, 3.05) is 29.9 Å². The Kier molecular flexibility index (Phi) is 9.53. The number of aryl methyl sites for hydroxylation is 1. The molecular formula is C39H45N3O2. The Morgan fingerprint density at radius 3 is 2.16 bits per heavy atom. The molecule has 0 bridgehead atoms. The zero-order valence-corrected chi connectivity index (χ0v) is 26.7. The van der Waals surface area contributed by atoms with Gasteiger partial charge in [-0.1, -0.05) is 93.6 Å². The van der Waals surface area contributed by atoms with E-state index in [1.54, 1.807) is 0 Å². The largest absolute Gasteiger partial charge is 0.371 e. The van der Waals surface area contributed by atoms with E-state index in [-0.39, 0.29) is 23.1 Å². The highest BCUT2D eigenvalue weighted by molar-refractivity contribution is 6.08. The van der Waals surface area contributed by atoms with Crippen LogP contribution in [-0.4, -0.2) is 31.4 Å². The number of anilines is 2. The molecule has 1 aliphatic rings. The van der Waals surface area contributed by atoms with E-state index in [0.29, 0.717) is 18.0 Å². The number of nitrogens with zero attached hydrogens (tertiary/aromatic N) is 1. The van der Waals surface area contributed by atoms with E-state index in [0.717, 1.165) is 53.9 Å². The van der Waals surface area contributed by atoms with Gasteiger partial charge in [0, 0.05) is 36.6 Å². The van der Waals surface area contributed by atoms with E-state index in [4.69, 9.17) is 0 Å². The molecule has 1 aliphatic heterocycles. The van der Waals surface area contributed by atoms with Crippen molar-refractivity contribution in [1.82, 2.24) is 5.32 Å². The lowest BCUT2D eigenvalue weighted by Gasteiger charge is -2.37. The van der Waals surface area contributed by atoms with E-state index in [2.05, 4.69) is 91.8 Å². The fourth-order valence-electron chi connectivity index (χ4n) is 6.42. The molecule has 1 saturated heterocycles. The van der Waals surface area contributed by atoms with E-state index in [1.165, 1.54) is 11.3 Å². The van der Waals surface area contributed by atoms with Crippen molar-refractivity contribution in [3.8, 4) is 11.1 Å². The van der Waals surface area contributed by atoms with Crippen LogP contribution in [0.3, 0.4) is 0 Å². The maximum absolute atomic E-state index is 13.5. The summed E-state index contributed by atoms with van der Waals surface area (Å²) in [4.78, 5) is 29.0. The number of piperidine rings is 1. The summed E-state index contributed by atoms with van der Waals surface area (Å²) in [6, 6.07) is 32.6. The highest BCUT2D eigenvalue weighted by Crippen LogP contribution is 2.36. The van der Waals surface area contributed by atoms with Gasteiger partial charge in [0.2, 0.25) is 5.91 Å². The summed E-state index contributed by atoms with van der Waals surface area (Å²) in [5.74, 6) is 0.169. The van der Waals surface area contributed by atoms with Crippen LogP contribution in [0.4, 0.5) is 11.4 Å². The number of carbonyl (C=O) groups is 2. The molecule has 1 unspecified atom stereocenters. The predicted octanol–water partition coefficient (Wildman–Crippen LogP) is 8.35. The summed E-state index contributed by atoms with van der Waals surface area (Å²) in [6.45, 7) is 13.1. The van der Waals surface area contributed by atoms with Gasteiger partial charge in [0.05, 0.1) is 5.92 Å². The average Bonchev–Trinajstić information content (AvgIpc) is 3.02. The van der Waals surface area contributed by atoms with Crippen molar-refractivity contribution in [2.45, 2.75) is 58.8 Å². The van der Waals surface area contributed by atoms with Crippen LogP contribution < -0.4 is 15.5 Å². The first-order valence-electron chi connectivity index (χ1n) is 15.8. The smallest absolute Gasteiger partial charge is 0.256 e. The van der Waals surface area contributed by atoms with Crippen LogP contribution in [-0.2, 0) is 10.2 Å². The molecule has 5 heteroatoms. The molecule has 2 amide bonds. The van der Waals surface area contributed by atoms with Crippen molar-refractivity contribution in [3.05, 3.63) is 119 Å². The van der Waals surface area contributed by atoms with Crippen LogP contribution in [0.15, 0.2) is 97.1 Å². The first kappa shape index (κ1) is 31.1. The van der Waals surface area contributed by atoms with Crippen LogP contribution in [0.2, 0.25) is 0 Å². The van der Waals surface area contributed by atoms with Gasteiger partial charge in [-0.05, 0) is 90.1 Å². The minimum atomic E-state index is -0.128. The van der Waals surface area contributed by atoms with Gasteiger partial charge in [-0.15, -0.1) is 0 Å². The molecule has 44 heavy (non-hydrogen) atoms. The van der Waals surface area contributed by atoms with E-state index in [9.17, 15) is 9.59 Å². The van der Waals surface area contributed by atoms with Gasteiger partial charge in [-0.25, -0.2) is 0 Å². The Morgan fingerprint density at radius 2 is 1.52 bits per heavy atom. The van der Waals surface area contributed by atoms with Crippen LogP contribution in [0.25, 0.3) is 11.1 Å². The van der Waals surface area contributed by atoms with Gasteiger partial charge < -0.3 is 15.5 Å². The lowest BCUT2D eigenvalue weighted by Crippen LogP contribution is -2.40. The quantitative estimate of drug-likeness (QED) is 0.218. The monoisotopic (exact) mass is 587 g/mol. The van der Waals surface area contributed by atoms with E-state index < -0.39 is 0 Å². The Morgan fingerprint density at radius 1 is 0.864 bits per heavy atom. The van der Waals surface area contributed by atoms with Crippen molar-refractivity contribution < 1.29 is 9.59 Å². The second kappa shape index (κ2) is 13.5. The lowest BCUT2D eigenvalue weighted by molar-refractivity contribution is -0.123. The summed E-state index contributed by atoms with van der Waals surface area (Å²) in [5.41, 5.74) is 8.11. The number of carbonyl (C=O) groups excluding carboxylic acids is 2. The first-order valence-corrected chi connectivity index (χ1v) is 15.8. The Balaban J connectivity index is 1.26. The molecule has 2 N–H and O–H groups in total. The van der Waals surface area contributed by atoms with Crippen LogP contribution in [0.5, 0.6) is 0 Å². The molecule has 0 aromatic heterocycles. The average molecular weight is 588 g/mol. The number of hydrogen-bond acceptors (Lipinski definition) is 3. The maximum atomic E-state index is 13.5. The van der Waals surface area contributed by atoms with E-state index in [1.807, 2.05) is 55.5 Å². The summed E-state index contributed by atoms with van der Waals surface area (Å²) in [6.07, 6.45) is 1.89. The van der Waals surface area contributed by atoms with Crippen LogP contribution in [0, 0.1) is 12.8 Å². The van der Waals surface area contributed by atoms with Gasteiger partial charge in [0.15, 0.2) is 0 Å². The topological polar surface area (TPSA) is 61.4 Å². The highest BCUT2D eigenvalue weighted by Gasteiger charge is 2.32. The van der Waals surface area contributed by atoms with Gasteiger partial charge in [0.1, 0.15) is 0 Å². The van der Waals surface area contributed by atoms with Crippen LogP contribution in [0.1, 0.15) is 73.5 Å². The van der Waals surface area contributed by atoms with Gasteiger partial charge in [-0.2, -0.15) is 0 Å². The number of likely N-dealkylation sites (N-methyl/N-ethyl adjacent to an activating group) is 1. The lowest BCUT2D eigenvalue weighted by atomic mass is 9.79. The van der Waals surface area contributed by atoms with Gasteiger partial charge >= 0.3 is 0 Å². The Hall–Kier alpha value is -4.38. The molecule has 4 aromatic carbocycles. The first-order chi connectivity index (χ1) is 21.2. The number of rotatable bonds is 8. The number of nitrogens with one attached hydrogen (secondary N) is 2. The Labute approximate surface area is 262 Å². The molecule has 0 spiro atoms. The molecule has 0 aliphatic carbocycles. The second-order valence-corrected chi connectivity index (χ2v) is 12.9. The second-order valence-electron chi connectivity index (χ2n) is 12.9. The minimum Gasteiger partial charge on any atom is -0.371 e. The van der Waals surface area contributed by atoms with Crippen LogP contribution >= 0.6 is 0 Å². The summed E-state index contributed by atoms with van der Waals surface area (Å²) >= 11 is 0. The third kappa shape index (κ3) is 7.05. The molecule has 4 aromatic rings. The molecule has 5 nitrogen and oxygen atoms in total. The predicted molar refractivity (Wildman–Crippen MR) is 183 cm³/mol. The number of amides is 2. The fraction of sp³-hybridized carbons (Fsp3) is 0.333. The third-order valence-electron chi connectivity index (χ3n) is 8.83. The number of hydrogen-bond donors (Lipinski definition) is 2. The molecular weight excluding hydrogens is 542 g/mol. The molecule has 228 valence electrons. The number of benzene rings is 4. The zero-order valence-electron chi connectivity index (χ0n) is 26.7. The molecule has 1 atom stereocenters. The van der Waals surface area contributed by atoms with Gasteiger partial charge in [-0.3, -0.25) is 9.59 Å². The Bertz CT molecular complexity index is 1580. The molecule has 0 radical (unpaired) electrons. The molecule has 5 rings (SSSR count). The highest BCUT2D eigenvalue weighted by atomic mass is 16.2. The maximum Gasteiger partial charge on any atom is 0.256 e. The molecule has 1 heterocycles. The summed E-state index contributed by atoms with van der Waals surface area (Å²) < 4.78 is 0. The molecule has 0 saturated carbocycles. The van der Waals surface area contributed by atoms with Crippen molar-refractivity contribution >= 4 is 23.2 Å². The zero-order chi connectivity index (χ0) is 31.3. The minimum absolute atomic E-state index is 0.0745. The standard InChI is InChI=1S/C39H45N3O2/c1-6-40-38(44)36(29-12-8-7-9-13-29)30-22-24-42(25-23-30)35-21-20-32(26-27(35)2)41-37(43)34-15-11-10-14-33(34)28-16-18-31(19-17-28)39(3,4)5/h7-21,26,30,36H,6,22-25H2,1-5H3,(H,40,44)(H,41,43). The van der Waals surface area contributed by atoms with Crippen molar-refractivity contribution in [1.29, 1.82) is 0 Å². The summed E-state index contributed by atoms with van der Waals surface area (Å²) in [7, 11) is 0. The fourth-order valence-corrected chi connectivity index (χ4v) is 6.42. The van der Waals surface area contributed by atoms with Crippen molar-refractivity contribution in [3.63, 3.8) is 0 Å². The molecule has 1 fully saturated rings. The van der Waals surface area contributed by atoms with E-state index >= 15 is 0 Å². The normalized spacial score (nSPS) is 14.6. The van der Waals surface area contributed by atoms with Gasteiger partial charge in [0.25, 0.3) is 5.91 Å². The van der Waals surface area contributed by atoms with Crippen molar-refractivity contribution in [2.24, 2.45) is 5.92 Å². The summed E-state index contributed by atoms with van der Waals surface area (Å²) in [5, 5.41) is 6.20.